The number of nitrogen functional groups attached to an aromatic ring is 1. The van der Waals surface area contributed by atoms with Crippen LogP contribution in [0.4, 0.5) is 5.13 Å². The number of hydrogen-bond acceptors (Lipinski definition) is 10. The van der Waals surface area contributed by atoms with Crippen molar-refractivity contribution >= 4 is 57.6 Å². The number of allylic oxidation sites excluding steroid dienone is 2. The summed E-state index contributed by atoms with van der Waals surface area (Å²) in [5.41, 5.74) is 10.7. The first-order valence-electron chi connectivity index (χ1n) is 9.25. The van der Waals surface area contributed by atoms with Crippen LogP contribution in [-0.2, 0) is 24.0 Å². The molecule has 172 valence electrons. The number of primary amides is 1. The number of amides is 3. The number of oxime groups is 1. The first-order chi connectivity index (χ1) is 15.7. The van der Waals surface area contributed by atoms with Gasteiger partial charge in [-0.15, -0.1) is 29.0 Å². The predicted octanol–water partition coefficient (Wildman–Crippen LogP) is -0.751. The lowest BCUT2D eigenvalue weighted by Crippen LogP contribution is -2.71. The van der Waals surface area contributed by atoms with Crippen LogP contribution in [0.3, 0.4) is 0 Å². The largest absolute Gasteiger partial charge is 0.477 e. The maximum absolute atomic E-state index is 12.9. The van der Waals surface area contributed by atoms with Crippen LogP contribution in [0.5, 0.6) is 0 Å². The van der Waals surface area contributed by atoms with E-state index >= 15 is 0 Å². The molecule has 2 atom stereocenters. The molecule has 3 rings (SSSR count). The molecule has 1 aromatic heterocycles. The zero-order valence-electron chi connectivity index (χ0n) is 17.1. The molecule has 1 saturated heterocycles. The second-order valence-corrected chi connectivity index (χ2v) is 8.51. The summed E-state index contributed by atoms with van der Waals surface area (Å²) >= 11 is 2.34. The number of β-lactam (4-membered cyclic amide) rings is 1. The number of carbonyl (C=O) groups is 4. The van der Waals surface area contributed by atoms with E-state index < -0.39 is 41.7 Å². The van der Waals surface area contributed by atoms with E-state index in [1.165, 1.54) is 23.2 Å². The number of carboxylic acid groups (broad SMARTS) is 1. The number of rotatable bonds is 8. The summed E-state index contributed by atoms with van der Waals surface area (Å²) < 4.78 is 0. The van der Waals surface area contributed by atoms with Crippen molar-refractivity contribution in [3.8, 4) is 11.8 Å². The average Bonchev–Trinajstić information content (AvgIpc) is 3.19. The first kappa shape index (κ1) is 23.8. The Bertz CT molecular complexity index is 1160. The van der Waals surface area contributed by atoms with E-state index in [9.17, 15) is 24.3 Å². The number of hydrogen-bond donors (Lipinski definition) is 4. The molecule has 0 unspecified atom stereocenters. The summed E-state index contributed by atoms with van der Waals surface area (Å²) in [4.78, 5) is 58.2. The number of carbonyl (C=O) groups excluding carboxylic acids is 3. The van der Waals surface area contributed by atoms with Crippen LogP contribution in [-0.4, -0.2) is 68.2 Å². The number of nitrogens with one attached hydrogen (secondary N) is 1. The van der Waals surface area contributed by atoms with Crippen molar-refractivity contribution in [3.63, 3.8) is 0 Å². The maximum Gasteiger partial charge on any atom is 0.352 e. The van der Waals surface area contributed by atoms with Gasteiger partial charge >= 0.3 is 5.97 Å². The number of aromatic nitrogens is 1. The summed E-state index contributed by atoms with van der Waals surface area (Å²) in [7, 11) is 0. The van der Waals surface area contributed by atoms with Crippen molar-refractivity contribution < 1.29 is 29.1 Å². The van der Waals surface area contributed by atoms with Crippen molar-refractivity contribution in [2.75, 3.05) is 18.1 Å². The van der Waals surface area contributed by atoms with Crippen LogP contribution < -0.4 is 16.8 Å². The molecule has 33 heavy (non-hydrogen) atoms. The van der Waals surface area contributed by atoms with E-state index in [1.807, 2.05) is 0 Å². The minimum atomic E-state index is -1.26. The molecule has 0 saturated carbocycles. The fraction of sp³-hybridized carbons (Fsp3) is 0.263. The van der Waals surface area contributed by atoms with Gasteiger partial charge in [-0.2, -0.15) is 0 Å². The minimum Gasteiger partial charge on any atom is -0.477 e. The number of aliphatic carboxylic acids is 1. The molecular formula is C19H18N6O6S2. The number of nitrogens with zero attached hydrogens (tertiary/aromatic N) is 3. The molecule has 1 aromatic rings. The van der Waals surface area contributed by atoms with Crippen molar-refractivity contribution in [3.05, 3.63) is 34.5 Å². The molecule has 2 aliphatic rings. The summed E-state index contributed by atoms with van der Waals surface area (Å²) in [5.74, 6) is 2.20. The van der Waals surface area contributed by atoms with Gasteiger partial charge in [0.05, 0.1) is 0 Å². The highest BCUT2D eigenvalue weighted by Crippen LogP contribution is 2.40. The van der Waals surface area contributed by atoms with Gasteiger partial charge in [-0.1, -0.05) is 11.1 Å². The van der Waals surface area contributed by atoms with E-state index in [-0.39, 0.29) is 22.2 Å². The van der Waals surface area contributed by atoms with Gasteiger partial charge in [0.2, 0.25) is 0 Å². The van der Waals surface area contributed by atoms with Crippen molar-refractivity contribution in [2.45, 2.75) is 18.3 Å². The molecule has 3 amide bonds. The Morgan fingerprint density at radius 1 is 1.48 bits per heavy atom. The fourth-order valence-corrected chi connectivity index (χ4v) is 4.83. The third kappa shape index (κ3) is 5.16. The van der Waals surface area contributed by atoms with E-state index in [0.717, 1.165) is 16.2 Å². The van der Waals surface area contributed by atoms with Gasteiger partial charge in [0.25, 0.3) is 17.7 Å². The number of thioether (sulfide) groups is 1. The predicted molar refractivity (Wildman–Crippen MR) is 120 cm³/mol. The van der Waals surface area contributed by atoms with Gasteiger partial charge in [-0.05, 0) is 24.6 Å². The normalized spacial score (nSPS) is 20.0. The number of nitrogens with two attached hydrogens (primary N) is 2. The smallest absolute Gasteiger partial charge is 0.352 e. The van der Waals surface area contributed by atoms with Crippen LogP contribution in [0.25, 0.3) is 0 Å². The number of thiazole rings is 1. The summed E-state index contributed by atoms with van der Waals surface area (Å²) in [6.07, 6.45) is 3.06. The third-order valence-corrected chi connectivity index (χ3v) is 6.32. The zero-order chi connectivity index (χ0) is 24.1. The van der Waals surface area contributed by atoms with Crippen LogP contribution in [0.2, 0.25) is 0 Å². The van der Waals surface area contributed by atoms with Gasteiger partial charge < -0.3 is 26.7 Å². The molecule has 1 fully saturated rings. The molecule has 0 radical (unpaired) electrons. The second-order valence-electron chi connectivity index (χ2n) is 6.52. The van der Waals surface area contributed by atoms with Gasteiger partial charge in [0.15, 0.2) is 17.5 Å². The standard InChI is InChI=1S/C19H18N6O6S2/c1-2-3-4-5-9-7-32-17-13(16(28)25(17)14(9)18(29)30)23-15(27)12(24-31-6-11(20)26)10-8-33-19(21)22-10/h4-5,8,13,17H,6-7H2,1H3,(H2,20,26)(H2,21,22)(H,23,27)(H,29,30)/t13-,17-/m1/s1. The molecular weight excluding hydrogens is 472 g/mol. The van der Waals surface area contributed by atoms with Crippen molar-refractivity contribution in [2.24, 2.45) is 10.9 Å². The Morgan fingerprint density at radius 3 is 2.85 bits per heavy atom. The third-order valence-electron chi connectivity index (χ3n) is 4.34. The Hall–Kier alpha value is -3.83. The number of fused-ring (bicyclic) bond motifs is 1. The second kappa shape index (κ2) is 10.2. The molecule has 0 aliphatic carbocycles. The van der Waals surface area contributed by atoms with E-state index in [2.05, 4.69) is 27.3 Å². The molecule has 2 aliphatic heterocycles. The lowest BCUT2D eigenvalue weighted by molar-refractivity contribution is -0.150. The van der Waals surface area contributed by atoms with Gasteiger partial charge in [-0.3, -0.25) is 19.3 Å². The molecule has 0 aromatic carbocycles. The highest BCUT2D eigenvalue weighted by Gasteiger charge is 2.54. The topological polar surface area (TPSA) is 190 Å². The van der Waals surface area contributed by atoms with Crippen LogP contribution in [0.1, 0.15) is 12.6 Å². The first-order valence-corrected chi connectivity index (χ1v) is 11.2. The summed E-state index contributed by atoms with van der Waals surface area (Å²) in [6.45, 7) is 1.07. The Labute approximate surface area is 195 Å². The molecule has 3 heterocycles. The SMILES string of the molecule is CC#CC=CC1=C(C(=O)O)N2C(=O)[C@@H](NC(=O)C(=NOCC(N)=O)c3csc(N)n3)[C@H]2SC1. The number of anilines is 1. The van der Waals surface area contributed by atoms with Crippen LogP contribution in [0, 0.1) is 11.8 Å². The molecule has 0 spiro atoms. The molecule has 0 bridgehead atoms. The zero-order valence-corrected chi connectivity index (χ0v) is 18.7. The van der Waals surface area contributed by atoms with E-state index in [0.29, 0.717) is 11.3 Å². The lowest BCUT2D eigenvalue weighted by Gasteiger charge is -2.49. The minimum absolute atomic E-state index is 0.0787. The highest BCUT2D eigenvalue weighted by molar-refractivity contribution is 8.00. The maximum atomic E-state index is 12.9. The quantitative estimate of drug-likeness (QED) is 0.157. The molecule has 14 heteroatoms. The van der Waals surface area contributed by atoms with Crippen molar-refractivity contribution in [1.29, 1.82) is 0 Å². The Morgan fingerprint density at radius 2 is 2.24 bits per heavy atom. The van der Waals surface area contributed by atoms with Crippen LogP contribution in [0.15, 0.2) is 34.0 Å². The monoisotopic (exact) mass is 490 g/mol. The molecule has 12 nitrogen and oxygen atoms in total. The Kier molecular flexibility index (Phi) is 7.36. The van der Waals surface area contributed by atoms with E-state index in [1.54, 1.807) is 13.0 Å². The van der Waals surface area contributed by atoms with Gasteiger partial charge in [-0.25, -0.2) is 9.78 Å². The molecule has 6 N–H and O–H groups in total. The fourth-order valence-electron chi connectivity index (χ4n) is 2.97. The summed E-state index contributed by atoms with van der Waals surface area (Å²) in [5, 5.41) is 16.8. The lowest BCUT2D eigenvalue weighted by atomic mass is 10.0. The Balaban J connectivity index is 1.80. The van der Waals surface area contributed by atoms with Crippen LogP contribution >= 0.6 is 23.1 Å². The van der Waals surface area contributed by atoms with Gasteiger partial charge in [0.1, 0.15) is 22.8 Å². The summed E-state index contributed by atoms with van der Waals surface area (Å²) in [6, 6.07) is -1.00. The van der Waals surface area contributed by atoms with Gasteiger partial charge in [0, 0.05) is 11.1 Å². The van der Waals surface area contributed by atoms with E-state index in [4.69, 9.17) is 16.3 Å². The van der Waals surface area contributed by atoms with Crippen molar-refractivity contribution in [1.82, 2.24) is 15.2 Å². The highest BCUT2D eigenvalue weighted by atomic mass is 32.2. The number of carboxylic acids is 1. The average molecular weight is 491 g/mol.